The molecule has 132 valence electrons. The van der Waals surface area contributed by atoms with E-state index in [0.717, 1.165) is 37.6 Å². The maximum atomic E-state index is 12.7. The average molecular weight is 341 g/mol. The van der Waals surface area contributed by atoms with E-state index in [1.807, 2.05) is 22.7 Å². The molecule has 3 heterocycles. The molecular weight excluding hydrogens is 318 g/mol. The van der Waals surface area contributed by atoms with Gasteiger partial charge in [0.1, 0.15) is 11.6 Å². The first-order chi connectivity index (χ1) is 12.2. The number of nitrogens with zero attached hydrogens (tertiary/aromatic N) is 6. The van der Waals surface area contributed by atoms with Crippen molar-refractivity contribution in [3.63, 3.8) is 0 Å². The van der Waals surface area contributed by atoms with E-state index in [0.29, 0.717) is 19.0 Å². The van der Waals surface area contributed by atoms with Crippen LogP contribution in [0.4, 0.5) is 10.6 Å². The van der Waals surface area contributed by atoms with Crippen molar-refractivity contribution >= 4 is 11.8 Å². The Morgan fingerprint density at radius 1 is 1.16 bits per heavy atom. The van der Waals surface area contributed by atoms with Crippen LogP contribution in [0.1, 0.15) is 24.7 Å². The standard InChI is InChI=1S/C17H23N7O/c1-22-7-6-20-16(22)15(13-2-3-13)21-17(25)24-10-8-23(9-11-24)14-12-18-4-5-19-14/h4-7,12-13,15H,2-3,8-11H2,1H3,(H,21,25)/t15-/m0/s1. The molecule has 1 N–H and O–H groups in total. The predicted octanol–water partition coefficient (Wildman–Crippen LogP) is 1.19. The number of carbonyl (C=O) groups excluding carboxylic acids is 1. The zero-order valence-corrected chi connectivity index (χ0v) is 14.4. The van der Waals surface area contributed by atoms with Crippen LogP contribution in [0.2, 0.25) is 0 Å². The number of hydrogen-bond acceptors (Lipinski definition) is 5. The lowest BCUT2D eigenvalue weighted by Crippen LogP contribution is -2.52. The molecule has 1 atom stereocenters. The second kappa shape index (κ2) is 6.70. The maximum absolute atomic E-state index is 12.7. The van der Waals surface area contributed by atoms with E-state index < -0.39 is 0 Å². The Labute approximate surface area is 146 Å². The molecule has 2 aromatic rings. The highest BCUT2D eigenvalue weighted by Crippen LogP contribution is 2.40. The lowest BCUT2D eigenvalue weighted by atomic mass is 10.1. The minimum Gasteiger partial charge on any atom is -0.352 e. The Morgan fingerprint density at radius 2 is 1.96 bits per heavy atom. The van der Waals surface area contributed by atoms with Crippen LogP contribution in [0.15, 0.2) is 31.0 Å². The molecule has 0 radical (unpaired) electrons. The van der Waals surface area contributed by atoms with Gasteiger partial charge in [-0.05, 0) is 18.8 Å². The molecule has 0 aromatic carbocycles. The monoisotopic (exact) mass is 341 g/mol. The van der Waals surface area contributed by atoms with Crippen molar-refractivity contribution in [1.82, 2.24) is 29.7 Å². The van der Waals surface area contributed by atoms with Gasteiger partial charge in [-0.2, -0.15) is 0 Å². The third-order valence-electron chi connectivity index (χ3n) is 4.95. The molecule has 1 aliphatic carbocycles. The van der Waals surface area contributed by atoms with Gasteiger partial charge in [0.2, 0.25) is 0 Å². The van der Waals surface area contributed by atoms with E-state index in [2.05, 4.69) is 25.2 Å². The van der Waals surface area contributed by atoms with Crippen molar-refractivity contribution < 1.29 is 4.79 Å². The SMILES string of the molecule is Cn1ccnc1[C@@H](NC(=O)N1CCN(c2cnccn2)CC1)C1CC1. The number of aryl methyl sites for hydroxylation is 1. The van der Waals surface area contributed by atoms with Gasteiger partial charge in [0, 0.05) is 58.0 Å². The molecule has 0 bridgehead atoms. The minimum atomic E-state index is -0.00121. The van der Waals surface area contributed by atoms with Gasteiger partial charge in [0.25, 0.3) is 0 Å². The number of anilines is 1. The van der Waals surface area contributed by atoms with Crippen molar-refractivity contribution in [3.05, 3.63) is 36.8 Å². The largest absolute Gasteiger partial charge is 0.352 e. The molecule has 2 aliphatic rings. The van der Waals surface area contributed by atoms with Gasteiger partial charge in [-0.3, -0.25) is 4.98 Å². The summed E-state index contributed by atoms with van der Waals surface area (Å²) in [6.45, 7) is 2.89. The summed E-state index contributed by atoms with van der Waals surface area (Å²) >= 11 is 0. The van der Waals surface area contributed by atoms with Crippen LogP contribution in [-0.4, -0.2) is 56.6 Å². The van der Waals surface area contributed by atoms with Gasteiger partial charge in [-0.25, -0.2) is 14.8 Å². The quantitative estimate of drug-likeness (QED) is 0.904. The first kappa shape index (κ1) is 15.9. The molecule has 8 nitrogen and oxygen atoms in total. The Kier molecular flexibility index (Phi) is 4.25. The average Bonchev–Trinajstić information content (AvgIpc) is 3.41. The number of carbonyl (C=O) groups is 1. The van der Waals surface area contributed by atoms with Crippen LogP contribution >= 0.6 is 0 Å². The molecule has 2 aromatic heterocycles. The van der Waals surface area contributed by atoms with Gasteiger partial charge >= 0.3 is 6.03 Å². The number of amides is 2. The summed E-state index contributed by atoms with van der Waals surface area (Å²) in [6, 6.07) is 0.00390. The summed E-state index contributed by atoms with van der Waals surface area (Å²) in [4.78, 5) is 29.6. The van der Waals surface area contributed by atoms with Crippen LogP contribution in [0.5, 0.6) is 0 Å². The molecule has 2 amide bonds. The number of aromatic nitrogens is 4. The van der Waals surface area contributed by atoms with Crippen molar-refractivity contribution in [3.8, 4) is 0 Å². The van der Waals surface area contributed by atoms with Crippen molar-refractivity contribution in [2.75, 3.05) is 31.1 Å². The molecule has 8 heteroatoms. The van der Waals surface area contributed by atoms with Gasteiger partial charge in [-0.1, -0.05) is 0 Å². The summed E-state index contributed by atoms with van der Waals surface area (Å²) in [5.41, 5.74) is 0. The van der Waals surface area contributed by atoms with E-state index in [9.17, 15) is 4.79 Å². The number of imidazole rings is 1. The summed E-state index contributed by atoms with van der Waals surface area (Å²) in [6.07, 6.45) is 11.1. The number of piperazine rings is 1. The second-order valence-corrected chi connectivity index (χ2v) is 6.70. The van der Waals surface area contributed by atoms with Crippen LogP contribution in [-0.2, 0) is 7.05 Å². The lowest BCUT2D eigenvalue weighted by Gasteiger charge is -2.36. The third kappa shape index (κ3) is 3.42. The molecule has 1 saturated carbocycles. The molecule has 0 unspecified atom stereocenters. The molecular formula is C17H23N7O. The Morgan fingerprint density at radius 3 is 2.56 bits per heavy atom. The Balaban J connectivity index is 1.36. The first-order valence-corrected chi connectivity index (χ1v) is 8.76. The fraction of sp³-hybridized carbons (Fsp3) is 0.529. The number of nitrogens with one attached hydrogen (secondary N) is 1. The van der Waals surface area contributed by atoms with Crippen LogP contribution in [0.25, 0.3) is 0 Å². The molecule has 1 saturated heterocycles. The predicted molar refractivity (Wildman–Crippen MR) is 93.0 cm³/mol. The van der Waals surface area contributed by atoms with Crippen molar-refractivity contribution in [2.45, 2.75) is 18.9 Å². The zero-order chi connectivity index (χ0) is 17.2. The molecule has 25 heavy (non-hydrogen) atoms. The van der Waals surface area contributed by atoms with Crippen molar-refractivity contribution in [1.29, 1.82) is 0 Å². The number of hydrogen-bond donors (Lipinski definition) is 1. The topological polar surface area (TPSA) is 79.2 Å². The Hall–Kier alpha value is -2.64. The molecule has 2 fully saturated rings. The van der Waals surface area contributed by atoms with Crippen LogP contribution < -0.4 is 10.2 Å². The number of rotatable bonds is 4. The summed E-state index contributed by atoms with van der Waals surface area (Å²) in [5, 5.41) is 3.20. The molecule has 1 aliphatic heterocycles. The zero-order valence-electron chi connectivity index (χ0n) is 14.4. The smallest absolute Gasteiger partial charge is 0.318 e. The van der Waals surface area contributed by atoms with Crippen LogP contribution in [0.3, 0.4) is 0 Å². The maximum Gasteiger partial charge on any atom is 0.318 e. The normalized spacial score (nSPS) is 18.9. The van der Waals surface area contributed by atoms with E-state index in [1.165, 1.54) is 0 Å². The van der Waals surface area contributed by atoms with E-state index in [-0.39, 0.29) is 12.1 Å². The van der Waals surface area contributed by atoms with Gasteiger partial charge in [0.15, 0.2) is 0 Å². The highest BCUT2D eigenvalue weighted by molar-refractivity contribution is 5.75. The second-order valence-electron chi connectivity index (χ2n) is 6.70. The van der Waals surface area contributed by atoms with Gasteiger partial charge in [-0.15, -0.1) is 0 Å². The minimum absolute atomic E-state index is 0.00121. The molecule has 0 spiro atoms. The summed E-state index contributed by atoms with van der Waals surface area (Å²) < 4.78 is 2.00. The Bertz CT molecular complexity index is 720. The van der Waals surface area contributed by atoms with Crippen LogP contribution in [0, 0.1) is 5.92 Å². The number of urea groups is 1. The molecule has 4 rings (SSSR count). The van der Waals surface area contributed by atoms with E-state index in [4.69, 9.17) is 0 Å². The van der Waals surface area contributed by atoms with Gasteiger partial charge < -0.3 is 19.7 Å². The first-order valence-electron chi connectivity index (χ1n) is 8.76. The fourth-order valence-electron chi connectivity index (χ4n) is 3.32. The van der Waals surface area contributed by atoms with Crippen molar-refractivity contribution in [2.24, 2.45) is 13.0 Å². The highest BCUT2D eigenvalue weighted by Gasteiger charge is 2.36. The summed E-state index contributed by atoms with van der Waals surface area (Å²) in [5.74, 6) is 2.31. The summed E-state index contributed by atoms with van der Waals surface area (Å²) in [7, 11) is 1.98. The lowest BCUT2D eigenvalue weighted by molar-refractivity contribution is 0.188. The van der Waals surface area contributed by atoms with E-state index in [1.54, 1.807) is 24.8 Å². The van der Waals surface area contributed by atoms with E-state index >= 15 is 0 Å². The third-order valence-corrected chi connectivity index (χ3v) is 4.95. The van der Waals surface area contributed by atoms with Gasteiger partial charge in [0.05, 0.1) is 12.2 Å². The fourth-order valence-corrected chi connectivity index (χ4v) is 3.32. The highest BCUT2D eigenvalue weighted by atomic mass is 16.2.